The lowest BCUT2D eigenvalue weighted by atomic mass is 9.99. The number of nitrogens with zero attached hydrogens (tertiary/aromatic N) is 1. The van der Waals surface area contributed by atoms with Crippen LogP contribution in [0.5, 0.6) is 11.5 Å². The van der Waals surface area contributed by atoms with Gasteiger partial charge in [-0.15, -0.1) is 0 Å². The molecule has 0 saturated carbocycles. The largest absolute Gasteiger partial charge is 0.457 e. The molecule has 3 aliphatic rings. The highest BCUT2D eigenvalue weighted by Gasteiger charge is 2.35. The third-order valence-corrected chi connectivity index (χ3v) is 8.46. The van der Waals surface area contributed by atoms with Gasteiger partial charge in [0, 0.05) is 44.5 Å². The molecule has 3 aliphatic heterocycles. The molecule has 1 fully saturated rings. The summed E-state index contributed by atoms with van der Waals surface area (Å²) >= 11 is 0. The molecule has 11 heteroatoms. The Morgan fingerprint density at radius 3 is 2.31 bits per heavy atom. The Morgan fingerprint density at radius 2 is 1.60 bits per heavy atom. The van der Waals surface area contributed by atoms with Crippen molar-refractivity contribution in [1.29, 1.82) is 0 Å². The molecule has 0 radical (unpaired) electrons. The van der Waals surface area contributed by atoms with Crippen LogP contribution in [0.15, 0.2) is 78.9 Å². The average molecular weight is 654 g/mol. The van der Waals surface area contributed by atoms with Crippen molar-refractivity contribution in [3.63, 3.8) is 0 Å². The molecular formula is C37H43N5O6. The molecule has 48 heavy (non-hydrogen) atoms. The Labute approximate surface area is 280 Å². The molecule has 3 heterocycles. The molecule has 11 nitrogen and oxygen atoms in total. The third kappa shape index (κ3) is 9.21. The van der Waals surface area contributed by atoms with Crippen molar-refractivity contribution in [2.45, 2.75) is 70.6 Å². The highest BCUT2D eigenvalue weighted by Crippen LogP contribution is 2.24. The Balaban J connectivity index is 1.48. The number of carbonyl (C=O) groups excluding carboxylic acids is 5. The van der Waals surface area contributed by atoms with Crippen LogP contribution in [0, 0.1) is 5.92 Å². The fourth-order valence-electron chi connectivity index (χ4n) is 6.10. The quantitative estimate of drug-likeness (QED) is 0.301. The Morgan fingerprint density at radius 1 is 0.875 bits per heavy atom. The number of nitrogens with one attached hydrogen (secondary N) is 4. The summed E-state index contributed by atoms with van der Waals surface area (Å²) < 4.78 is 6.04. The number of rotatable bonds is 6. The summed E-state index contributed by atoms with van der Waals surface area (Å²) in [5.74, 6) is -0.910. The maximum Gasteiger partial charge on any atom is 0.252 e. The third-order valence-electron chi connectivity index (χ3n) is 8.46. The number of likely N-dealkylation sites (tertiary alicyclic amines) is 1. The molecule has 4 N–H and O–H groups in total. The second kappa shape index (κ2) is 15.6. The Hall–Kier alpha value is -5.19. The summed E-state index contributed by atoms with van der Waals surface area (Å²) in [6.45, 7) is 6.11. The van der Waals surface area contributed by atoms with Crippen molar-refractivity contribution in [3.05, 3.63) is 95.6 Å². The summed E-state index contributed by atoms with van der Waals surface area (Å²) in [7, 11) is 0. The van der Waals surface area contributed by atoms with Gasteiger partial charge in [0.1, 0.15) is 29.6 Å². The highest BCUT2D eigenvalue weighted by atomic mass is 16.5. The number of hydrogen-bond acceptors (Lipinski definition) is 6. The molecule has 1 saturated heterocycles. The van der Waals surface area contributed by atoms with Crippen molar-refractivity contribution >= 4 is 29.5 Å². The van der Waals surface area contributed by atoms with Gasteiger partial charge in [0.15, 0.2) is 0 Å². The second-order valence-corrected chi connectivity index (χ2v) is 12.9. The van der Waals surface area contributed by atoms with E-state index in [4.69, 9.17) is 4.74 Å². The second-order valence-electron chi connectivity index (χ2n) is 12.9. The zero-order valence-electron chi connectivity index (χ0n) is 27.5. The van der Waals surface area contributed by atoms with Gasteiger partial charge in [-0.25, -0.2) is 0 Å². The fraction of sp³-hybridized carbons (Fsp3) is 0.378. The normalized spacial score (nSPS) is 21.8. The van der Waals surface area contributed by atoms with E-state index in [2.05, 4.69) is 21.3 Å². The van der Waals surface area contributed by atoms with Gasteiger partial charge < -0.3 is 30.9 Å². The van der Waals surface area contributed by atoms with Crippen LogP contribution in [0.3, 0.4) is 0 Å². The van der Waals surface area contributed by atoms with Crippen LogP contribution < -0.4 is 26.0 Å². The van der Waals surface area contributed by atoms with Crippen molar-refractivity contribution in [1.82, 2.24) is 26.2 Å². The van der Waals surface area contributed by atoms with Gasteiger partial charge in [-0.3, -0.25) is 24.0 Å². The average Bonchev–Trinajstić information content (AvgIpc) is 3.52. The van der Waals surface area contributed by atoms with Crippen molar-refractivity contribution < 1.29 is 28.7 Å². The monoisotopic (exact) mass is 653 g/mol. The van der Waals surface area contributed by atoms with Crippen LogP contribution in [-0.4, -0.2) is 71.7 Å². The van der Waals surface area contributed by atoms with Gasteiger partial charge in [-0.05, 0) is 60.2 Å². The van der Waals surface area contributed by atoms with Crippen LogP contribution in [0.25, 0.3) is 0 Å². The topological polar surface area (TPSA) is 146 Å². The van der Waals surface area contributed by atoms with Gasteiger partial charge in [0.2, 0.25) is 23.6 Å². The minimum absolute atomic E-state index is 0.0301. The van der Waals surface area contributed by atoms with Gasteiger partial charge in [0.25, 0.3) is 5.91 Å². The first-order valence-corrected chi connectivity index (χ1v) is 16.4. The molecule has 0 aromatic heterocycles. The van der Waals surface area contributed by atoms with E-state index < -0.39 is 35.8 Å². The first-order valence-electron chi connectivity index (χ1n) is 16.4. The molecule has 3 aromatic rings. The summed E-state index contributed by atoms with van der Waals surface area (Å²) in [5.41, 5.74) is 1.94. The van der Waals surface area contributed by atoms with Gasteiger partial charge >= 0.3 is 0 Å². The molecule has 4 atom stereocenters. The molecule has 0 unspecified atom stereocenters. The van der Waals surface area contributed by atoms with Crippen molar-refractivity contribution in [2.24, 2.45) is 5.92 Å². The molecule has 0 aliphatic carbocycles. The standard InChI is InChI=1S/C37H43N5O6/c1-23(2)18-31-35(45)41-33(37(47)42-17-16-28(22-42)38-24(3)43)20-26-12-14-29(15-13-26)48-30-11-7-10-27(21-30)34(44)39-32(36(46)40-31)19-25-8-5-4-6-9-25/h4-15,21,23,28,31-33H,16-20,22H2,1-3H3,(H,38,43)(H,39,44)(H,40,46)(H,41,45)/t28-,31-,32+,33-/m0/s1. The minimum atomic E-state index is -0.995. The van der Waals surface area contributed by atoms with Gasteiger partial charge in [0.05, 0.1) is 0 Å². The minimum Gasteiger partial charge on any atom is -0.457 e. The number of hydrogen-bond donors (Lipinski definition) is 4. The van der Waals surface area contributed by atoms with E-state index in [1.54, 1.807) is 41.3 Å². The predicted molar refractivity (Wildman–Crippen MR) is 180 cm³/mol. The zero-order valence-corrected chi connectivity index (χ0v) is 27.5. The van der Waals surface area contributed by atoms with E-state index in [1.165, 1.54) is 6.92 Å². The molecule has 252 valence electrons. The van der Waals surface area contributed by atoms with Crippen LogP contribution in [0.4, 0.5) is 0 Å². The lowest BCUT2D eigenvalue weighted by molar-refractivity contribution is -0.137. The zero-order chi connectivity index (χ0) is 34.2. The van der Waals surface area contributed by atoms with E-state index in [1.807, 2.05) is 56.3 Å². The predicted octanol–water partition coefficient (Wildman–Crippen LogP) is 3.13. The molecule has 5 amide bonds. The van der Waals surface area contributed by atoms with E-state index >= 15 is 0 Å². The maximum absolute atomic E-state index is 14.0. The van der Waals surface area contributed by atoms with Crippen molar-refractivity contribution in [3.8, 4) is 11.5 Å². The molecular weight excluding hydrogens is 610 g/mol. The van der Waals surface area contributed by atoms with Crippen LogP contribution >= 0.6 is 0 Å². The lowest BCUT2D eigenvalue weighted by Gasteiger charge is -2.28. The molecule has 4 bridgehead atoms. The van der Waals surface area contributed by atoms with E-state index in [0.29, 0.717) is 43.0 Å². The Bertz CT molecular complexity index is 1630. The molecule has 3 aromatic carbocycles. The molecule has 0 spiro atoms. The summed E-state index contributed by atoms with van der Waals surface area (Å²) in [4.78, 5) is 68.6. The van der Waals surface area contributed by atoms with E-state index in [0.717, 1.165) is 11.1 Å². The van der Waals surface area contributed by atoms with Gasteiger partial charge in [-0.1, -0.05) is 62.4 Å². The number of amides is 5. The van der Waals surface area contributed by atoms with E-state index in [-0.39, 0.29) is 36.6 Å². The molecule has 6 rings (SSSR count). The fourth-order valence-corrected chi connectivity index (χ4v) is 6.10. The van der Waals surface area contributed by atoms with Crippen LogP contribution in [0.2, 0.25) is 0 Å². The maximum atomic E-state index is 14.0. The number of fused-ring (bicyclic) bond motifs is 11. The van der Waals surface area contributed by atoms with Crippen LogP contribution in [0.1, 0.15) is 55.1 Å². The lowest BCUT2D eigenvalue weighted by Crippen LogP contribution is -2.58. The number of benzene rings is 3. The summed E-state index contributed by atoms with van der Waals surface area (Å²) in [6, 6.07) is 20.2. The van der Waals surface area contributed by atoms with E-state index in [9.17, 15) is 24.0 Å². The summed E-state index contributed by atoms with van der Waals surface area (Å²) in [6.07, 6.45) is 1.32. The van der Waals surface area contributed by atoms with Gasteiger partial charge in [-0.2, -0.15) is 0 Å². The highest BCUT2D eigenvalue weighted by molar-refractivity contribution is 5.99. The Kier molecular flexibility index (Phi) is 11.1. The number of ether oxygens (including phenoxy) is 1. The first-order chi connectivity index (χ1) is 23.0. The first kappa shape index (κ1) is 34.2. The van der Waals surface area contributed by atoms with Crippen molar-refractivity contribution in [2.75, 3.05) is 13.1 Å². The smallest absolute Gasteiger partial charge is 0.252 e. The SMILES string of the molecule is CC(=O)N[C@H]1CCN(C(=O)[C@@H]2Cc3ccc(cc3)Oc3cccc(c3)C(=O)N[C@H](Cc3ccccc3)C(=O)N[C@@H](CC(C)C)C(=O)N2)C1. The number of carbonyl (C=O) groups is 5. The van der Waals surface area contributed by atoms with Crippen LogP contribution in [-0.2, 0) is 32.0 Å². The summed E-state index contributed by atoms with van der Waals surface area (Å²) in [5, 5.41) is 11.6.